The fourth-order valence-electron chi connectivity index (χ4n) is 1.57. The lowest BCUT2D eigenvalue weighted by atomic mass is 10.2. The Morgan fingerprint density at radius 2 is 2.35 bits per heavy atom. The van der Waals surface area contributed by atoms with E-state index in [-0.39, 0.29) is 24.4 Å². The lowest BCUT2D eigenvalue weighted by Crippen LogP contribution is -2.27. The number of carbonyl (C=O) groups excluding carboxylic acids is 1. The topological polar surface area (TPSA) is 73.6 Å². The van der Waals surface area contributed by atoms with Crippen molar-refractivity contribution in [3.63, 3.8) is 0 Å². The average molecular weight is 267 g/mol. The molecule has 6 heteroatoms. The van der Waals surface area contributed by atoms with Crippen LogP contribution in [0.25, 0.3) is 0 Å². The Bertz CT molecular complexity index is 199. The molecule has 1 rings (SSSR count). The Kier molecular flexibility index (Phi) is 10.5. The zero-order valence-corrected chi connectivity index (χ0v) is 11.0. The third-order valence-electron chi connectivity index (χ3n) is 2.50. The van der Waals surface area contributed by atoms with E-state index >= 15 is 0 Å². The molecular weight excluding hydrogens is 244 g/mol. The maximum Gasteiger partial charge on any atom is 0.222 e. The average Bonchev–Trinajstić information content (AvgIpc) is 2.78. The molecule has 0 aromatic heterocycles. The number of nitrogens with one attached hydrogen (secondary N) is 1. The predicted molar refractivity (Wildman–Crippen MR) is 68.3 cm³/mol. The van der Waals surface area contributed by atoms with Crippen LogP contribution in [0.2, 0.25) is 0 Å². The third kappa shape index (κ3) is 8.37. The molecule has 0 aromatic rings. The predicted octanol–water partition coefficient (Wildman–Crippen LogP) is 0.459. The van der Waals surface area contributed by atoms with Gasteiger partial charge in [0, 0.05) is 19.6 Å². The lowest BCUT2D eigenvalue weighted by molar-refractivity contribution is -0.122. The molecule has 1 fully saturated rings. The molecular formula is C11H23ClN2O3. The summed E-state index contributed by atoms with van der Waals surface area (Å²) in [6.45, 7) is 3.18. The van der Waals surface area contributed by atoms with Crippen LogP contribution in [0.15, 0.2) is 0 Å². The highest BCUT2D eigenvalue weighted by molar-refractivity contribution is 5.85. The molecule has 1 unspecified atom stereocenters. The summed E-state index contributed by atoms with van der Waals surface area (Å²) in [5.74, 6) is 0.0285. The molecule has 17 heavy (non-hydrogen) atoms. The second-order valence-electron chi connectivity index (χ2n) is 3.95. The molecule has 1 heterocycles. The molecule has 0 aliphatic carbocycles. The monoisotopic (exact) mass is 266 g/mol. The van der Waals surface area contributed by atoms with E-state index in [2.05, 4.69) is 5.32 Å². The maximum absolute atomic E-state index is 11.3. The summed E-state index contributed by atoms with van der Waals surface area (Å²) >= 11 is 0. The molecule has 0 saturated carbocycles. The van der Waals surface area contributed by atoms with E-state index in [4.69, 9.17) is 15.2 Å². The van der Waals surface area contributed by atoms with Gasteiger partial charge in [-0.25, -0.2) is 0 Å². The first-order valence-corrected chi connectivity index (χ1v) is 5.99. The first-order chi connectivity index (χ1) is 7.83. The summed E-state index contributed by atoms with van der Waals surface area (Å²) in [4.78, 5) is 11.3. The van der Waals surface area contributed by atoms with E-state index in [0.717, 1.165) is 25.9 Å². The molecule has 1 atom stereocenters. The summed E-state index contributed by atoms with van der Waals surface area (Å²) in [6.07, 6.45) is 3.66. The van der Waals surface area contributed by atoms with Crippen molar-refractivity contribution in [1.82, 2.24) is 5.32 Å². The Balaban J connectivity index is 0.00000256. The standard InChI is InChI=1S/C11H22N2O3.ClH/c12-5-2-6-13-11(14)4-8-15-9-10-3-1-7-16-10;/h10H,1-9,12H2,(H,13,14);1H. The second kappa shape index (κ2) is 10.8. The van der Waals surface area contributed by atoms with Crippen LogP contribution in [-0.2, 0) is 14.3 Å². The summed E-state index contributed by atoms with van der Waals surface area (Å²) < 4.78 is 10.8. The first-order valence-electron chi connectivity index (χ1n) is 5.99. The van der Waals surface area contributed by atoms with Gasteiger partial charge >= 0.3 is 0 Å². The van der Waals surface area contributed by atoms with Crippen LogP contribution < -0.4 is 11.1 Å². The van der Waals surface area contributed by atoms with E-state index in [1.165, 1.54) is 0 Å². The Labute approximate surface area is 109 Å². The number of nitrogens with two attached hydrogens (primary N) is 1. The van der Waals surface area contributed by atoms with Gasteiger partial charge < -0.3 is 20.5 Å². The molecule has 0 radical (unpaired) electrons. The van der Waals surface area contributed by atoms with Crippen LogP contribution >= 0.6 is 12.4 Å². The lowest BCUT2D eigenvalue weighted by Gasteiger charge is -2.09. The molecule has 1 aliphatic rings. The quantitative estimate of drug-likeness (QED) is 0.626. The minimum Gasteiger partial charge on any atom is -0.378 e. The number of hydrogen-bond donors (Lipinski definition) is 2. The number of amides is 1. The van der Waals surface area contributed by atoms with Crippen LogP contribution in [0.1, 0.15) is 25.7 Å². The molecule has 5 nitrogen and oxygen atoms in total. The smallest absolute Gasteiger partial charge is 0.222 e. The normalized spacial score (nSPS) is 18.8. The highest BCUT2D eigenvalue weighted by Gasteiger charge is 2.15. The van der Waals surface area contributed by atoms with Crippen LogP contribution in [0.3, 0.4) is 0 Å². The number of ether oxygens (including phenoxy) is 2. The highest BCUT2D eigenvalue weighted by atomic mass is 35.5. The Morgan fingerprint density at radius 3 is 3.00 bits per heavy atom. The minimum atomic E-state index is 0. The summed E-state index contributed by atoms with van der Waals surface area (Å²) in [6, 6.07) is 0. The van der Waals surface area contributed by atoms with E-state index in [9.17, 15) is 4.79 Å². The van der Waals surface area contributed by atoms with Gasteiger partial charge in [0.1, 0.15) is 0 Å². The van der Waals surface area contributed by atoms with Crippen molar-refractivity contribution in [3.05, 3.63) is 0 Å². The zero-order chi connectivity index (χ0) is 11.6. The van der Waals surface area contributed by atoms with Gasteiger partial charge in [-0.3, -0.25) is 4.79 Å². The van der Waals surface area contributed by atoms with Gasteiger partial charge in [0.15, 0.2) is 0 Å². The summed E-state index contributed by atoms with van der Waals surface area (Å²) in [5, 5.41) is 2.78. The molecule has 1 saturated heterocycles. The molecule has 3 N–H and O–H groups in total. The van der Waals surface area contributed by atoms with Crippen molar-refractivity contribution < 1.29 is 14.3 Å². The number of halogens is 1. The number of hydrogen-bond acceptors (Lipinski definition) is 4. The van der Waals surface area contributed by atoms with Gasteiger partial charge in [-0.15, -0.1) is 12.4 Å². The molecule has 0 aromatic carbocycles. The Morgan fingerprint density at radius 1 is 1.53 bits per heavy atom. The van der Waals surface area contributed by atoms with E-state index in [1.807, 2.05) is 0 Å². The van der Waals surface area contributed by atoms with Gasteiger partial charge in [-0.05, 0) is 25.8 Å². The fourth-order valence-corrected chi connectivity index (χ4v) is 1.57. The molecule has 0 bridgehead atoms. The Hall–Kier alpha value is -0.360. The van der Waals surface area contributed by atoms with Gasteiger partial charge in [-0.2, -0.15) is 0 Å². The van der Waals surface area contributed by atoms with Crippen LogP contribution in [-0.4, -0.2) is 44.9 Å². The van der Waals surface area contributed by atoms with E-state index < -0.39 is 0 Å². The maximum atomic E-state index is 11.3. The SMILES string of the molecule is Cl.NCCCNC(=O)CCOCC1CCCO1. The van der Waals surface area contributed by atoms with Crippen LogP contribution in [0.4, 0.5) is 0 Å². The third-order valence-corrected chi connectivity index (χ3v) is 2.50. The van der Waals surface area contributed by atoms with Gasteiger partial charge in [-0.1, -0.05) is 0 Å². The van der Waals surface area contributed by atoms with Crippen molar-refractivity contribution in [2.24, 2.45) is 5.73 Å². The summed E-state index contributed by atoms with van der Waals surface area (Å²) in [5.41, 5.74) is 5.32. The van der Waals surface area contributed by atoms with E-state index in [0.29, 0.717) is 32.7 Å². The molecule has 102 valence electrons. The largest absolute Gasteiger partial charge is 0.378 e. The van der Waals surface area contributed by atoms with Crippen LogP contribution in [0.5, 0.6) is 0 Å². The molecule has 0 spiro atoms. The number of rotatable bonds is 8. The van der Waals surface area contributed by atoms with Gasteiger partial charge in [0.25, 0.3) is 0 Å². The van der Waals surface area contributed by atoms with Crippen molar-refractivity contribution >= 4 is 18.3 Å². The summed E-state index contributed by atoms with van der Waals surface area (Å²) in [7, 11) is 0. The van der Waals surface area contributed by atoms with Crippen molar-refractivity contribution in [1.29, 1.82) is 0 Å². The van der Waals surface area contributed by atoms with Gasteiger partial charge in [0.2, 0.25) is 5.91 Å². The second-order valence-corrected chi connectivity index (χ2v) is 3.95. The minimum absolute atomic E-state index is 0. The van der Waals surface area contributed by atoms with Crippen molar-refractivity contribution in [2.75, 3.05) is 32.9 Å². The highest BCUT2D eigenvalue weighted by Crippen LogP contribution is 2.11. The molecule has 1 aliphatic heterocycles. The van der Waals surface area contributed by atoms with Gasteiger partial charge in [0.05, 0.1) is 19.3 Å². The van der Waals surface area contributed by atoms with Crippen molar-refractivity contribution in [3.8, 4) is 0 Å². The fraction of sp³-hybridized carbons (Fsp3) is 0.909. The molecule has 1 amide bonds. The zero-order valence-electron chi connectivity index (χ0n) is 10.2. The van der Waals surface area contributed by atoms with Crippen molar-refractivity contribution in [2.45, 2.75) is 31.8 Å². The first kappa shape index (κ1) is 16.6. The van der Waals surface area contributed by atoms with E-state index in [1.54, 1.807) is 0 Å². The number of carbonyl (C=O) groups is 1. The van der Waals surface area contributed by atoms with Crippen LogP contribution in [0, 0.1) is 0 Å².